The van der Waals surface area contributed by atoms with Crippen LogP contribution in [0.5, 0.6) is 17.2 Å². The number of hydrogen-bond acceptors (Lipinski definition) is 5. The van der Waals surface area contributed by atoms with Gasteiger partial charge >= 0.3 is 6.61 Å². The number of thiocarbonyl (C=S) groups is 1. The number of benzene rings is 2. The number of ether oxygens (including phenoxy) is 3. The summed E-state index contributed by atoms with van der Waals surface area (Å²) in [5.74, 6) is 0.859. The Hall–Kier alpha value is -2.94. The smallest absolute Gasteiger partial charge is 0.387 e. The second-order valence-corrected chi connectivity index (χ2v) is 5.25. The van der Waals surface area contributed by atoms with Crippen LogP contribution < -0.4 is 25.0 Å². The molecule has 0 aliphatic carbocycles. The molecule has 0 aliphatic heterocycles. The highest BCUT2D eigenvalue weighted by atomic mass is 32.1. The monoisotopic (exact) mass is 381 g/mol. The molecule has 0 saturated carbocycles. The topological polar surface area (TPSA) is 64.1 Å². The van der Waals surface area contributed by atoms with Crippen molar-refractivity contribution in [3.05, 3.63) is 48.0 Å². The van der Waals surface area contributed by atoms with Gasteiger partial charge in [-0.2, -0.15) is 13.9 Å². The van der Waals surface area contributed by atoms with Crippen molar-refractivity contribution in [2.24, 2.45) is 5.10 Å². The highest BCUT2D eigenvalue weighted by Crippen LogP contribution is 2.28. The Labute approximate surface area is 154 Å². The molecule has 0 atom stereocenters. The average molecular weight is 381 g/mol. The third-order valence-corrected chi connectivity index (χ3v) is 3.32. The summed E-state index contributed by atoms with van der Waals surface area (Å²) in [5, 5.41) is 7.23. The lowest BCUT2D eigenvalue weighted by Gasteiger charge is -2.10. The summed E-state index contributed by atoms with van der Waals surface area (Å²) in [7, 11) is 2.95. The van der Waals surface area contributed by atoms with Crippen molar-refractivity contribution in [1.29, 1.82) is 0 Å². The van der Waals surface area contributed by atoms with Gasteiger partial charge in [0.15, 0.2) is 16.6 Å². The van der Waals surface area contributed by atoms with Crippen LogP contribution in [0.25, 0.3) is 0 Å². The molecule has 0 radical (unpaired) electrons. The van der Waals surface area contributed by atoms with E-state index in [0.717, 1.165) is 11.4 Å². The molecule has 0 fully saturated rings. The summed E-state index contributed by atoms with van der Waals surface area (Å²) in [6.07, 6.45) is 1.47. The Bertz CT molecular complexity index is 770. The van der Waals surface area contributed by atoms with Crippen molar-refractivity contribution in [2.75, 3.05) is 19.5 Å². The molecular formula is C17H17F2N3O3S. The Morgan fingerprint density at radius 1 is 1.08 bits per heavy atom. The summed E-state index contributed by atoms with van der Waals surface area (Å²) in [5.41, 5.74) is 4.04. The van der Waals surface area contributed by atoms with E-state index in [1.807, 2.05) is 12.1 Å². The van der Waals surface area contributed by atoms with Gasteiger partial charge in [0.25, 0.3) is 0 Å². The van der Waals surface area contributed by atoms with Crippen LogP contribution in [-0.4, -0.2) is 32.2 Å². The lowest BCUT2D eigenvalue weighted by Crippen LogP contribution is -2.23. The molecule has 2 rings (SSSR count). The molecule has 2 aromatic carbocycles. The van der Waals surface area contributed by atoms with Crippen LogP contribution >= 0.6 is 12.2 Å². The number of rotatable bonds is 7. The maximum absolute atomic E-state index is 12.3. The number of hydrogen-bond donors (Lipinski definition) is 2. The first kappa shape index (κ1) is 19.4. The standard InChI is InChI=1S/C17H17F2N3O3S/c1-23-13-6-4-12(5-7-13)21-17(26)22-20-10-11-3-8-14(25-16(18)19)15(9-11)24-2/h3-10,16H,1-2H3,(H2,21,22,26)/b20-10-. The average Bonchev–Trinajstić information content (AvgIpc) is 2.63. The van der Waals surface area contributed by atoms with Crippen LogP contribution in [-0.2, 0) is 0 Å². The van der Waals surface area contributed by atoms with Crippen molar-refractivity contribution in [3.63, 3.8) is 0 Å². The SMILES string of the molecule is COc1ccc(NC(=S)N/N=C\c2ccc(OC(F)F)c(OC)c2)cc1. The molecule has 0 saturated heterocycles. The second-order valence-electron chi connectivity index (χ2n) is 4.84. The minimum Gasteiger partial charge on any atom is -0.497 e. The summed E-state index contributed by atoms with van der Waals surface area (Å²) >= 11 is 5.13. The predicted octanol–water partition coefficient (Wildman–Crippen LogP) is 3.63. The van der Waals surface area contributed by atoms with Gasteiger partial charge in [-0.05, 0) is 60.2 Å². The van der Waals surface area contributed by atoms with Crippen LogP contribution in [0.4, 0.5) is 14.5 Å². The van der Waals surface area contributed by atoms with Gasteiger partial charge in [-0.3, -0.25) is 5.43 Å². The lowest BCUT2D eigenvalue weighted by molar-refractivity contribution is -0.0512. The molecule has 0 bridgehead atoms. The highest BCUT2D eigenvalue weighted by Gasteiger charge is 2.10. The van der Waals surface area contributed by atoms with Crippen LogP contribution in [0.1, 0.15) is 5.56 Å². The zero-order valence-corrected chi connectivity index (χ0v) is 14.8. The van der Waals surface area contributed by atoms with E-state index in [-0.39, 0.29) is 16.6 Å². The van der Waals surface area contributed by atoms with Crippen molar-refractivity contribution >= 4 is 29.2 Å². The van der Waals surface area contributed by atoms with Gasteiger partial charge in [0.2, 0.25) is 0 Å². The number of halogens is 2. The molecule has 0 amide bonds. The normalized spacial score (nSPS) is 10.7. The number of methoxy groups -OCH3 is 2. The van der Waals surface area contributed by atoms with E-state index >= 15 is 0 Å². The number of anilines is 1. The van der Waals surface area contributed by atoms with Gasteiger partial charge < -0.3 is 19.5 Å². The Morgan fingerprint density at radius 3 is 2.42 bits per heavy atom. The maximum atomic E-state index is 12.3. The third-order valence-electron chi connectivity index (χ3n) is 3.13. The fraction of sp³-hybridized carbons (Fsp3) is 0.176. The molecule has 0 aliphatic rings. The largest absolute Gasteiger partial charge is 0.497 e. The molecule has 6 nitrogen and oxygen atoms in total. The van der Waals surface area contributed by atoms with E-state index in [2.05, 4.69) is 20.6 Å². The number of nitrogens with zero attached hydrogens (tertiary/aromatic N) is 1. The summed E-state index contributed by atoms with van der Waals surface area (Å²) in [6, 6.07) is 11.7. The number of nitrogens with one attached hydrogen (secondary N) is 2. The van der Waals surface area contributed by atoms with Gasteiger partial charge in [-0.15, -0.1) is 0 Å². The van der Waals surface area contributed by atoms with E-state index in [1.165, 1.54) is 25.5 Å². The Balaban J connectivity index is 1.93. The predicted molar refractivity (Wildman–Crippen MR) is 99.6 cm³/mol. The molecular weight excluding hydrogens is 364 g/mol. The molecule has 2 aromatic rings. The fourth-order valence-electron chi connectivity index (χ4n) is 1.96. The quantitative estimate of drug-likeness (QED) is 0.434. The zero-order chi connectivity index (χ0) is 18.9. The van der Waals surface area contributed by atoms with Gasteiger partial charge in [0, 0.05) is 5.69 Å². The van der Waals surface area contributed by atoms with Gasteiger partial charge in [-0.25, -0.2) is 0 Å². The Kier molecular flexibility index (Phi) is 7.10. The van der Waals surface area contributed by atoms with Crippen molar-refractivity contribution in [2.45, 2.75) is 6.61 Å². The molecule has 0 spiro atoms. The maximum Gasteiger partial charge on any atom is 0.387 e. The van der Waals surface area contributed by atoms with E-state index in [0.29, 0.717) is 5.56 Å². The second kappa shape index (κ2) is 9.52. The van der Waals surface area contributed by atoms with Crippen LogP contribution in [0, 0.1) is 0 Å². The van der Waals surface area contributed by atoms with Crippen molar-refractivity contribution in [1.82, 2.24) is 5.43 Å². The molecule has 9 heteroatoms. The summed E-state index contributed by atoms with van der Waals surface area (Å²) in [4.78, 5) is 0. The number of hydrazone groups is 1. The van der Waals surface area contributed by atoms with Crippen LogP contribution in [0.2, 0.25) is 0 Å². The van der Waals surface area contributed by atoms with E-state index in [4.69, 9.17) is 21.7 Å². The molecule has 0 aromatic heterocycles. The Morgan fingerprint density at radius 2 is 1.81 bits per heavy atom. The van der Waals surface area contributed by atoms with Gasteiger partial charge in [-0.1, -0.05) is 0 Å². The van der Waals surface area contributed by atoms with Gasteiger partial charge in [0.1, 0.15) is 5.75 Å². The molecule has 0 unspecified atom stereocenters. The number of alkyl halides is 2. The fourth-order valence-corrected chi connectivity index (χ4v) is 2.13. The molecule has 26 heavy (non-hydrogen) atoms. The highest BCUT2D eigenvalue weighted by molar-refractivity contribution is 7.80. The summed E-state index contributed by atoms with van der Waals surface area (Å²) < 4.78 is 39.1. The van der Waals surface area contributed by atoms with Crippen LogP contribution in [0.3, 0.4) is 0 Å². The summed E-state index contributed by atoms with van der Waals surface area (Å²) in [6.45, 7) is -2.92. The van der Waals surface area contributed by atoms with E-state index in [9.17, 15) is 8.78 Å². The van der Waals surface area contributed by atoms with Crippen molar-refractivity contribution in [3.8, 4) is 17.2 Å². The molecule has 0 heterocycles. The third kappa shape index (κ3) is 5.85. The van der Waals surface area contributed by atoms with Crippen molar-refractivity contribution < 1.29 is 23.0 Å². The van der Waals surface area contributed by atoms with E-state index in [1.54, 1.807) is 25.3 Å². The van der Waals surface area contributed by atoms with Crippen LogP contribution in [0.15, 0.2) is 47.6 Å². The van der Waals surface area contributed by atoms with Gasteiger partial charge in [0.05, 0.1) is 20.4 Å². The first-order valence-corrected chi connectivity index (χ1v) is 7.79. The van der Waals surface area contributed by atoms with E-state index < -0.39 is 6.61 Å². The first-order chi connectivity index (χ1) is 12.5. The zero-order valence-electron chi connectivity index (χ0n) is 14.0. The molecule has 138 valence electrons. The lowest BCUT2D eigenvalue weighted by atomic mass is 10.2. The molecule has 2 N–H and O–H groups in total. The minimum absolute atomic E-state index is 0.0516. The first-order valence-electron chi connectivity index (χ1n) is 7.39. The minimum atomic E-state index is -2.92.